The molecule has 1 N–H and O–H groups in total. The number of rotatable bonds is 3. The van der Waals surface area contributed by atoms with Crippen LogP contribution in [-0.4, -0.2) is 0 Å². The first-order valence-electron chi connectivity index (χ1n) is 13.5. The zero-order chi connectivity index (χ0) is 25.8. The monoisotopic (exact) mass is 498 g/mol. The second-order valence-corrected chi connectivity index (χ2v) is 10.2. The topological polar surface area (TPSA) is 15.3 Å². The molecule has 0 amide bonds. The van der Waals surface area contributed by atoms with Gasteiger partial charge >= 0.3 is 0 Å². The van der Waals surface area contributed by atoms with Crippen LogP contribution in [-0.2, 0) is 0 Å². The van der Waals surface area contributed by atoms with Crippen LogP contribution in [0.15, 0.2) is 146 Å². The quantitative estimate of drug-likeness (QED) is 0.244. The fourth-order valence-electron chi connectivity index (χ4n) is 6.24. The molecule has 0 aromatic heterocycles. The molecule has 184 valence electrons. The summed E-state index contributed by atoms with van der Waals surface area (Å²) in [7, 11) is 0. The summed E-state index contributed by atoms with van der Waals surface area (Å²) >= 11 is 0. The number of para-hydroxylation sites is 3. The summed E-state index contributed by atoms with van der Waals surface area (Å²) < 4.78 is 0. The van der Waals surface area contributed by atoms with Crippen molar-refractivity contribution < 1.29 is 0 Å². The summed E-state index contributed by atoms with van der Waals surface area (Å²) in [4.78, 5) is 2.40. The van der Waals surface area contributed by atoms with Gasteiger partial charge < -0.3 is 10.2 Å². The Morgan fingerprint density at radius 3 is 1.77 bits per heavy atom. The molecule has 7 aromatic rings. The first-order chi connectivity index (χ1) is 19.3. The van der Waals surface area contributed by atoms with Gasteiger partial charge in [-0.05, 0) is 85.4 Å². The number of anilines is 3. The molecule has 2 heteroatoms. The van der Waals surface area contributed by atoms with E-state index in [9.17, 15) is 0 Å². The van der Waals surface area contributed by atoms with E-state index in [-0.39, 0.29) is 6.17 Å². The van der Waals surface area contributed by atoms with Gasteiger partial charge in [0.1, 0.15) is 6.17 Å². The second kappa shape index (κ2) is 8.75. The number of fused-ring (bicyclic) bond motifs is 7. The highest BCUT2D eigenvalue weighted by Gasteiger charge is 2.31. The lowest BCUT2D eigenvalue weighted by molar-refractivity contribution is 0.828. The maximum atomic E-state index is 3.78. The van der Waals surface area contributed by atoms with E-state index in [1.165, 1.54) is 60.4 Å². The van der Waals surface area contributed by atoms with Crippen LogP contribution >= 0.6 is 0 Å². The minimum absolute atomic E-state index is 0.00924. The van der Waals surface area contributed by atoms with Crippen LogP contribution in [0.4, 0.5) is 17.1 Å². The van der Waals surface area contributed by atoms with Gasteiger partial charge in [0.15, 0.2) is 0 Å². The summed E-state index contributed by atoms with van der Waals surface area (Å²) in [6.07, 6.45) is 0.00924. The molecule has 7 aromatic carbocycles. The van der Waals surface area contributed by atoms with Crippen LogP contribution in [0.5, 0.6) is 0 Å². The molecule has 0 aliphatic carbocycles. The third kappa shape index (κ3) is 3.49. The molecule has 1 aliphatic heterocycles. The number of benzene rings is 7. The Balaban J connectivity index is 1.27. The van der Waals surface area contributed by atoms with Crippen molar-refractivity contribution in [1.29, 1.82) is 0 Å². The second-order valence-electron chi connectivity index (χ2n) is 10.2. The van der Waals surface area contributed by atoms with Gasteiger partial charge in [-0.1, -0.05) is 109 Å². The van der Waals surface area contributed by atoms with E-state index in [0.717, 1.165) is 5.69 Å². The van der Waals surface area contributed by atoms with Crippen LogP contribution in [0.1, 0.15) is 11.7 Å². The summed E-state index contributed by atoms with van der Waals surface area (Å²) in [5, 5.41) is 11.6. The molecule has 0 radical (unpaired) electrons. The Morgan fingerprint density at radius 2 is 1.03 bits per heavy atom. The summed E-state index contributed by atoms with van der Waals surface area (Å²) in [6, 6.07) is 52.6. The molecule has 1 unspecified atom stereocenters. The third-order valence-electron chi connectivity index (χ3n) is 8.03. The lowest BCUT2D eigenvalue weighted by atomic mass is 9.92. The average molecular weight is 499 g/mol. The first kappa shape index (κ1) is 22.0. The van der Waals surface area contributed by atoms with Crippen molar-refractivity contribution >= 4 is 49.4 Å². The Bertz CT molecular complexity index is 1970. The largest absolute Gasteiger partial charge is 0.359 e. The maximum Gasteiger partial charge on any atom is 0.130 e. The molecule has 1 aliphatic rings. The molecule has 1 atom stereocenters. The molecule has 0 saturated heterocycles. The molecule has 8 rings (SSSR count). The van der Waals surface area contributed by atoms with Gasteiger partial charge in [0.2, 0.25) is 0 Å². The van der Waals surface area contributed by atoms with Gasteiger partial charge in [0, 0.05) is 5.69 Å². The number of nitrogens with one attached hydrogen (secondary N) is 1. The Kier molecular flexibility index (Phi) is 4.92. The Morgan fingerprint density at radius 1 is 0.436 bits per heavy atom. The van der Waals surface area contributed by atoms with Crippen molar-refractivity contribution in [2.75, 3.05) is 10.2 Å². The van der Waals surface area contributed by atoms with Crippen LogP contribution in [0.3, 0.4) is 0 Å². The van der Waals surface area contributed by atoms with Crippen LogP contribution in [0.2, 0.25) is 0 Å². The highest BCUT2D eigenvalue weighted by atomic mass is 15.3. The van der Waals surface area contributed by atoms with E-state index < -0.39 is 0 Å². The van der Waals surface area contributed by atoms with Crippen LogP contribution < -0.4 is 10.2 Å². The Hall–Kier alpha value is -5.08. The first-order valence-corrected chi connectivity index (χ1v) is 13.5. The van der Waals surface area contributed by atoms with Gasteiger partial charge in [0.25, 0.3) is 0 Å². The number of hydrogen-bond donors (Lipinski definition) is 1. The van der Waals surface area contributed by atoms with Crippen molar-refractivity contribution in [3.8, 4) is 11.1 Å². The van der Waals surface area contributed by atoms with Crippen molar-refractivity contribution in [3.05, 3.63) is 151 Å². The minimum Gasteiger partial charge on any atom is -0.359 e. The fourth-order valence-corrected chi connectivity index (χ4v) is 6.24. The van der Waals surface area contributed by atoms with Crippen LogP contribution in [0.25, 0.3) is 43.4 Å². The summed E-state index contributed by atoms with van der Waals surface area (Å²) in [6.45, 7) is 0. The molecule has 0 fully saturated rings. The van der Waals surface area contributed by atoms with Gasteiger partial charge in [-0.15, -0.1) is 0 Å². The van der Waals surface area contributed by atoms with E-state index in [2.05, 4.69) is 156 Å². The minimum atomic E-state index is 0.00924. The zero-order valence-corrected chi connectivity index (χ0v) is 21.4. The fraction of sp³-hybridized carbons (Fsp3) is 0.0270. The molecule has 39 heavy (non-hydrogen) atoms. The lowest BCUT2D eigenvalue weighted by Crippen LogP contribution is -2.23. The Labute approximate surface area is 227 Å². The lowest BCUT2D eigenvalue weighted by Gasteiger charge is -2.27. The molecule has 0 bridgehead atoms. The van der Waals surface area contributed by atoms with Crippen molar-refractivity contribution in [2.24, 2.45) is 0 Å². The van der Waals surface area contributed by atoms with Gasteiger partial charge in [-0.25, -0.2) is 0 Å². The van der Waals surface area contributed by atoms with Crippen molar-refractivity contribution in [1.82, 2.24) is 0 Å². The normalized spacial score (nSPS) is 14.6. The van der Waals surface area contributed by atoms with E-state index in [4.69, 9.17) is 0 Å². The van der Waals surface area contributed by atoms with Crippen molar-refractivity contribution in [3.63, 3.8) is 0 Å². The summed E-state index contributed by atoms with van der Waals surface area (Å²) in [5.74, 6) is 0. The van der Waals surface area contributed by atoms with E-state index >= 15 is 0 Å². The molecule has 2 nitrogen and oxygen atoms in total. The highest BCUT2D eigenvalue weighted by molar-refractivity contribution is 6.25. The van der Waals surface area contributed by atoms with Gasteiger partial charge in [-0.3, -0.25) is 0 Å². The third-order valence-corrected chi connectivity index (χ3v) is 8.03. The molecule has 0 spiro atoms. The predicted octanol–water partition coefficient (Wildman–Crippen LogP) is 10.1. The van der Waals surface area contributed by atoms with Crippen molar-refractivity contribution in [2.45, 2.75) is 6.17 Å². The van der Waals surface area contributed by atoms with Gasteiger partial charge in [0.05, 0.1) is 11.4 Å². The maximum absolute atomic E-state index is 3.78. The average Bonchev–Trinajstić information content (AvgIpc) is 3.41. The van der Waals surface area contributed by atoms with E-state index in [1.54, 1.807) is 0 Å². The number of nitrogens with zero attached hydrogens (tertiary/aromatic N) is 1. The smallest absolute Gasteiger partial charge is 0.130 e. The van der Waals surface area contributed by atoms with E-state index in [0.29, 0.717) is 0 Å². The molecule has 1 heterocycles. The SMILES string of the molecule is c1ccc(N2c3ccccc3NC2c2cccc(-c3ccc4c5ccccc5c5ccccc5c4c3)c2)cc1. The molecular weight excluding hydrogens is 472 g/mol. The number of hydrogen-bond acceptors (Lipinski definition) is 2. The van der Waals surface area contributed by atoms with Gasteiger partial charge in [-0.2, -0.15) is 0 Å². The highest BCUT2D eigenvalue weighted by Crippen LogP contribution is 2.46. The van der Waals surface area contributed by atoms with E-state index in [1.807, 2.05) is 0 Å². The molecular formula is C37H26N2. The predicted molar refractivity (Wildman–Crippen MR) is 166 cm³/mol. The van der Waals surface area contributed by atoms with Crippen LogP contribution in [0, 0.1) is 0 Å². The zero-order valence-electron chi connectivity index (χ0n) is 21.4. The standard InChI is InChI=1S/C37H26N2/c1-2-13-28(14-3-1)39-36-20-9-8-19-35(36)38-37(39)27-12-10-11-25(23-27)26-21-22-33-31-17-5-4-15-29(31)30-16-6-7-18-32(30)34(33)24-26/h1-24,37-38H. The molecule has 0 saturated carbocycles. The summed E-state index contributed by atoms with van der Waals surface area (Å²) in [5.41, 5.74) is 7.21.